The molecule has 30 heavy (non-hydrogen) atoms. The summed E-state index contributed by atoms with van der Waals surface area (Å²) < 4.78 is 0. The molecule has 3 atom stereocenters. The van der Waals surface area contributed by atoms with Crippen molar-refractivity contribution in [3.05, 3.63) is 102 Å². The number of hydrogen-bond donors (Lipinski definition) is 0. The molecule has 2 aliphatic heterocycles. The zero-order chi connectivity index (χ0) is 20.5. The highest BCUT2D eigenvalue weighted by Crippen LogP contribution is 2.44. The van der Waals surface area contributed by atoms with Crippen LogP contribution in [-0.4, -0.2) is 17.5 Å². The van der Waals surface area contributed by atoms with Gasteiger partial charge in [-0.05, 0) is 23.3 Å². The molecule has 2 heterocycles. The molecule has 5 heteroatoms. The van der Waals surface area contributed by atoms with Gasteiger partial charge in [0.15, 0.2) is 6.10 Å². The zero-order valence-electron chi connectivity index (χ0n) is 16.2. The molecule has 5 rings (SSSR count). The molecule has 0 spiro atoms. The predicted molar refractivity (Wildman–Crippen MR) is 114 cm³/mol. The first-order valence-electron chi connectivity index (χ1n) is 10.00. The average Bonchev–Trinajstić information content (AvgIpc) is 3.36. The lowest BCUT2D eigenvalue weighted by molar-refractivity contribution is -0.123. The first-order valence-corrected chi connectivity index (χ1v) is 10.00. The number of hydrogen-bond acceptors (Lipinski definition) is 4. The predicted octanol–water partition coefficient (Wildman–Crippen LogP) is 4.36. The molecule has 148 valence electrons. The van der Waals surface area contributed by atoms with Gasteiger partial charge in [-0.2, -0.15) is 0 Å². The van der Waals surface area contributed by atoms with Gasteiger partial charge in [0.1, 0.15) is 0 Å². The van der Waals surface area contributed by atoms with Crippen LogP contribution in [0.3, 0.4) is 0 Å². The van der Waals surface area contributed by atoms with Crippen LogP contribution in [0, 0.1) is 11.8 Å². The van der Waals surface area contributed by atoms with Gasteiger partial charge in [-0.15, -0.1) is 0 Å². The van der Waals surface area contributed by atoms with E-state index in [1.807, 2.05) is 78.9 Å². The molecule has 2 aliphatic rings. The number of amides is 2. The summed E-state index contributed by atoms with van der Waals surface area (Å²) in [6.07, 6.45) is -0.282. The summed E-state index contributed by atoms with van der Waals surface area (Å²) in [6, 6.07) is 28.5. The molecule has 0 aromatic heterocycles. The molecular weight excluding hydrogens is 376 g/mol. The normalized spacial score (nSPS) is 23.4. The highest BCUT2D eigenvalue weighted by atomic mass is 16.6. The lowest BCUT2D eigenvalue weighted by Crippen LogP contribution is -2.35. The van der Waals surface area contributed by atoms with Crippen LogP contribution in [0.1, 0.15) is 23.7 Å². The van der Waals surface area contributed by atoms with Crippen LogP contribution in [0.15, 0.2) is 96.2 Å². The molecule has 1 saturated heterocycles. The number of nitrogens with zero attached hydrogens (tertiary/aromatic N) is 2. The zero-order valence-corrected chi connectivity index (χ0v) is 16.2. The van der Waals surface area contributed by atoms with Crippen LogP contribution in [0.5, 0.6) is 0 Å². The second-order valence-corrected chi connectivity index (χ2v) is 7.52. The Morgan fingerprint density at radius 1 is 0.800 bits per heavy atom. The highest BCUT2D eigenvalue weighted by molar-refractivity contribution is 6.22. The summed E-state index contributed by atoms with van der Waals surface area (Å²) in [5, 5.41) is 4.38. The van der Waals surface area contributed by atoms with Crippen LogP contribution in [-0.2, 0) is 14.4 Å². The fraction of sp³-hybridized carbons (Fsp3) is 0.160. The quantitative estimate of drug-likeness (QED) is 0.616. The number of imide groups is 1. The second-order valence-electron chi connectivity index (χ2n) is 7.52. The van der Waals surface area contributed by atoms with Crippen LogP contribution in [0.2, 0.25) is 0 Å². The third kappa shape index (κ3) is 3.08. The number of benzene rings is 3. The van der Waals surface area contributed by atoms with E-state index in [0.29, 0.717) is 11.4 Å². The molecule has 0 saturated carbocycles. The lowest BCUT2D eigenvalue weighted by atomic mass is 9.78. The fourth-order valence-corrected chi connectivity index (χ4v) is 4.33. The Bertz CT molecular complexity index is 1100. The van der Waals surface area contributed by atoms with Crippen LogP contribution in [0.25, 0.3) is 0 Å². The van der Waals surface area contributed by atoms with E-state index >= 15 is 0 Å². The van der Waals surface area contributed by atoms with Crippen molar-refractivity contribution >= 4 is 23.2 Å². The van der Waals surface area contributed by atoms with Gasteiger partial charge in [-0.1, -0.05) is 84.0 Å². The first kappa shape index (κ1) is 18.3. The number of para-hydroxylation sites is 1. The summed E-state index contributed by atoms with van der Waals surface area (Å²) in [5.74, 6) is -1.28. The first-order chi connectivity index (χ1) is 14.7. The molecule has 5 nitrogen and oxygen atoms in total. The average molecular weight is 396 g/mol. The van der Waals surface area contributed by atoms with E-state index in [1.54, 1.807) is 12.1 Å². The maximum Gasteiger partial charge on any atom is 0.238 e. The van der Waals surface area contributed by atoms with Crippen LogP contribution < -0.4 is 4.90 Å². The second kappa shape index (κ2) is 7.59. The maximum atomic E-state index is 13.5. The summed E-state index contributed by atoms with van der Waals surface area (Å²) in [6.45, 7) is 0. The van der Waals surface area contributed by atoms with E-state index in [9.17, 15) is 9.59 Å². The minimum Gasteiger partial charge on any atom is -0.387 e. The smallest absolute Gasteiger partial charge is 0.238 e. The van der Waals surface area contributed by atoms with E-state index in [4.69, 9.17) is 4.84 Å². The van der Waals surface area contributed by atoms with E-state index in [1.165, 1.54) is 4.90 Å². The molecule has 3 aromatic carbocycles. The Hall–Kier alpha value is -3.73. The third-order valence-corrected chi connectivity index (χ3v) is 5.73. The minimum atomic E-state index is -0.538. The van der Waals surface area contributed by atoms with Gasteiger partial charge in [0.2, 0.25) is 11.8 Å². The number of rotatable bonds is 4. The number of anilines is 1. The van der Waals surface area contributed by atoms with Gasteiger partial charge in [-0.3, -0.25) is 14.5 Å². The largest absolute Gasteiger partial charge is 0.387 e. The van der Waals surface area contributed by atoms with Crippen molar-refractivity contribution < 1.29 is 14.4 Å². The molecule has 3 unspecified atom stereocenters. The van der Waals surface area contributed by atoms with E-state index < -0.39 is 12.0 Å². The fourth-order valence-electron chi connectivity index (χ4n) is 4.33. The SMILES string of the molecule is O=C1CC(C2C(c3ccccc3)=NOC2c2ccccc2)C(=O)N1c1ccccc1. The summed E-state index contributed by atoms with van der Waals surface area (Å²) in [7, 11) is 0. The van der Waals surface area contributed by atoms with Gasteiger partial charge >= 0.3 is 0 Å². The Kier molecular flexibility index (Phi) is 4.64. The Morgan fingerprint density at radius 2 is 1.40 bits per heavy atom. The van der Waals surface area contributed by atoms with Crippen molar-refractivity contribution in [2.45, 2.75) is 12.5 Å². The topological polar surface area (TPSA) is 59.0 Å². The van der Waals surface area contributed by atoms with Gasteiger partial charge in [0, 0.05) is 6.42 Å². The highest BCUT2D eigenvalue weighted by Gasteiger charge is 2.51. The Morgan fingerprint density at radius 3 is 2.07 bits per heavy atom. The minimum absolute atomic E-state index is 0.136. The molecule has 0 radical (unpaired) electrons. The molecular formula is C25H20N2O3. The standard InChI is InChI=1S/C25H20N2O3/c28-21-16-20(25(29)27(21)19-14-8-3-9-15-19)22-23(17-10-4-1-5-11-17)26-30-24(22)18-12-6-2-7-13-18/h1-15,20,22,24H,16H2. The molecule has 0 bridgehead atoms. The van der Waals surface area contributed by atoms with Gasteiger partial charge < -0.3 is 4.84 Å². The van der Waals surface area contributed by atoms with Crippen molar-refractivity contribution in [1.82, 2.24) is 0 Å². The molecule has 1 fully saturated rings. The molecule has 0 aliphatic carbocycles. The molecule has 3 aromatic rings. The monoisotopic (exact) mass is 396 g/mol. The number of oxime groups is 1. The lowest BCUT2D eigenvalue weighted by Gasteiger charge is -2.24. The third-order valence-electron chi connectivity index (χ3n) is 5.73. The van der Waals surface area contributed by atoms with Crippen molar-refractivity contribution in [3.63, 3.8) is 0 Å². The van der Waals surface area contributed by atoms with Crippen molar-refractivity contribution in [2.75, 3.05) is 4.90 Å². The molecule has 0 N–H and O–H groups in total. The maximum absolute atomic E-state index is 13.5. The van der Waals surface area contributed by atoms with Crippen LogP contribution in [0.4, 0.5) is 5.69 Å². The van der Waals surface area contributed by atoms with Crippen molar-refractivity contribution in [2.24, 2.45) is 17.0 Å². The van der Waals surface area contributed by atoms with Gasteiger partial charge in [-0.25, -0.2) is 0 Å². The Balaban J connectivity index is 1.55. The van der Waals surface area contributed by atoms with Crippen molar-refractivity contribution in [1.29, 1.82) is 0 Å². The summed E-state index contributed by atoms with van der Waals surface area (Å²) in [5.41, 5.74) is 3.16. The van der Waals surface area contributed by atoms with E-state index in [-0.39, 0.29) is 24.2 Å². The van der Waals surface area contributed by atoms with Crippen molar-refractivity contribution in [3.8, 4) is 0 Å². The number of carbonyl (C=O) groups excluding carboxylic acids is 2. The van der Waals surface area contributed by atoms with E-state index in [2.05, 4.69) is 5.16 Å². The van der Waals surface area contributed by atoms with Gasteiger partial charge in [0.25, 0.3) is 0 Å². The summed E-state index contributed by atoms with van der Waals surface area (Å²) in [4.78, 5) is 33.5. The van der Waals surface area contributed by atoms with Gasteiger partial charge in [0.05, 0.1) is 23.2 Å². The Labute approximate surface area is 174 Å². The number of carbonyl (C=O) groups is 2. The van der Waals surface area contributed by atoms with E-state index in [0.717, 1.165) is 11.1 Å². The summed E-state index contributed by atoms with van der Waals surface area (Å²) >= 11 is 0. The molecule has 2 amide bonds. The van der Waals surface area contributed by atoms with Crippen LogP contribution >= 0.6 is 0 Å².